The van der Waals surface area contributed by atoms with Crippen molar-refractivity contribution >= 4 is 24.9 Å². The fraction of sp³-hybridized carbons (Fsp3) is 0.250. The molecule has 8 heavy (non-hydrogen) atoms. The van der Waals surface area contributed by atoms with Crippen LogP contribution in [0.1, 0.15) is 0 Å². The normalized spacial score (nSPS) is 13.1. The van der Waals surface area contributed by atoms with Gasteiger partial charge in [-0.25, -0.2) is 0 Å². The van der Waals surface area contributed by atoms with E-state index >= 15 is 0 Å². The zero-order valence-corrected chi connectivity index (χ0v) is 8.33. The largest absolute Gasteiger partial charge is 0.461 e. The molecule has 0 aromatic heterocycles. The maximum absolute atomic E-state index is 10.6. The molecule has 2 nitrogen and oxygen atoms in total. The third-order valence-corrected chi connectivity index (χ3v) is 4.82. The van der Waals surface area contributed by atoms with Crippen LogP contribution in [0.15, 0.2) is 12.7 Å². The summed E-state index contributed by atoms with van der Waals surface area (Å²) in [6, 6.07) is 0. The van der Waals surface area contributed by atoms with Gasteiger partial charge in [0.05, 0.1) is 0 Å². The van der Waals surface area contributed by atoms with Crippen molar-refractivity contribution in [1.82, 2.24) is 0 Å². The van der Waals surface area contributed by atoms with Crippen LogP contribution >= 0.6 is 0 Å². The summed E-state index contributed by atoms with van der Waals surface area (Å²) in [5, 5.41) is 0.0972. The van der Waals surface area contributed by atoms with E-state index < -0.39 is 9.04 Å². The van der Waals surface area contributed by atoms with Gasteiger partial charge in [-0.1, -0.05) is 6.58 Å². The van der Waals surface area contributed by atoms with Gasteiger partial charge in [0, 0.05) is 0 Å². The highest BCUT2D eigenvalue weighted by molar-refractivity contribution is 6.87. The van der Waals surface area contributed by atoms with Crippen LogP contribution in [-0.2, 0) is 8.91 Å². The summed E-state index contributed by atoms with van der Waals surface area (Å²) in [4.78, 5) is 10.6. The molecule has 1 atom stereocenters. The van der Waals surface area contributed by atoms with Crippen LogP contribution in [0.2, 0.25) is 6.55 Å². The van der Waals surface area contributed by atoms with Crippen LogP contribution in [0, 0.1) is 0 Å². The predicted octanol–water partition coefficient (Wildman–Crippen LogP) is -1.07. The van der Waals surface area contributed by atoms with Crippen molar-refractivity contribution in [2.24, 2.45) is 0 Å². The summed E-state index contributed by atoms with van der Waals surface area (Å²) in [7, 11) is -0.802. The molecule has 0 bridgehead atoms. The second-order valence-corrected chi connectivity index (χ2v) is 5.22. The minimum Gasteiger partial charge on any atom is -0.461 e. The van der Waals surface area contributed by atoms with Crippen LogP contribution in [0.25, 0.3) is 0 Å². The predicted molar refractivity (Wildman–Crippen MR) is 39.2 cm³/mol. The van der Waals surface area contributed by atoms with Gasteiger partial charge in [0.25, 0.3) is 0 Å². The Hall–Kier alpha value is -0.196. The molecule has 0 aliphatic carbocycles. The molecule has 0 aliphatic rings. The minimum absolute atomic E-state index is 0.0972. The van der Waals surface area contributed by atoms with Crippen LogP contribution in [0.4, 0.5) is 0 Å². The third kappa shape index (κ3) is 2.20. The van der Waals surface area contributed by atoms with Crippen molar-refractivity contribution in [2.45, 2.75) is 6.55 Å². The summed E-state index contributed by atoms with van der Waals surface area (Å²) in [5.41, 5.74) is 0. The lowest BCUT2D eigenvalue weighted by Gasteiger charge is -1.99. The molecule has 0 radical (unpaired) electrons. The topological polar surface area (TPSA) is 26.3 Å². The van der Waals surface area contributed by atoms with Crippen molar-refractivity contribution in [2.75, 3.05) is 0 Å². The zero-order chi connectivity index (χ0) is 6.57. The zero-order valence-electron chi connectivity index (χ0n) is 5.18. The number of hydrogen-bond donors (Lipinski definition) is 0. The summed E-state index contributed by atoms with van der Waals surface area (Å²) in [6.07, 6.45) is 1.34. The molecule has 0 saturated carbocycles. The Balaban J connectivity index is 3.62. The molecule has 1 unspecified atom stereocenters. The van der Waals surface area contributed by atoms with E-state index in [0.29, 0.717) is 10.5 Å². The molecule has 0 N–H and O–H groups in total. The Morgan fingerprint density at radius 1 is 2.00 bits per heavy atom. The fourth-order valence-corrected chi connectivity index (χ4v) is 1.54. The molecule has 46 valence electrons. The first-order valence-electron chi connectivity index (χ1n) is 2.41. The molecule has 0 aromatic rings. The van der Waals surface area contributed by atoms with Crippen LogP contribution in [0.3, 0.4) is 0 Å². The standard InChI is InChI=1S/C4H10O2Si2/c1-3-4(5)8(2)6-7/h3,8H,1H2,2,7H3. The number of rotatable bonds is 3. The average molecular weight is 146 g/mol. The summed E-state index contributed by atoms with van der Waals surface area (Å²) in [5.74, 6) is 0. The smallest absolute Gasteiger partial charge is 0.240 e. The second kappa shape index (κ2) is 3.76. The van der Waals surface area contributed by atoms with Crippen molar-refractivity contribution in [3.05, 3.63) is 12.7 Å². The summed E-state index contributed by atoms with van der Waals surface area (Å²) in [6.45, 7) is 5.21. The fourth-order valence-electron chi connectivity index (χ4n) is 0.282. The average Bonchev–Trinajstić information content (AvgIpc) is 1.84. The summed E-state index contributed by atoms with van der Waals surface area (Å²) >= 11 is 0. The minimum atomic E-state index is -1.47. The SMILES string of the molecule is C=CC(=O)[SiH](C)O[SiH3]. The van der Waals surface area contributed by atoms with Gasteiger partial charge in [0.1, 0.15) is 10.5 Å². The van der Waals surface area contributed by atoms with Crippen molar-refractivity contribution in [3.8, 4) is 0 Å². The lowest BCUT2D eigenvalue weighted by Crippen LogP contribution is -2.22. The molecular formula is C4H10O2Si2. The van der Waals surface area contributed by atoms with Gasteiger partial charge < -0.3 is 4.12 Å². The van der Waals surface area contributed by atoms with E-state index in [1.807, 2.05) is 6.55 Å². The van der Waals surface area contributed by atoms with E-state index in [1.165, 1.54) is 6.08 Å². The molecule has 0 heterocycles. The van der Waals surface area contributed by atoms with Gasteiger partial charge in [-0.15, -0.1) is 0 Å². The molecule has 0 spiro atoms. The van der Waals surface area contributed by atoms with Crippen molar-refractivity contribution in [1.29, 1.82) is 0 Å². The lowest BCUT2D eigenvalue weighted by atomic mass is 10.7. The maximum Gasteiger partial charge on any atom is 0.240 e. The quantitative estimate of drug-likeness (QED) is 0.374. The van der Waals surface area contributed by atoms with Gasteiger partial charge in [-0.05, 0) is 12.6 Å². The second-order valence-electron chi connectivity index (χ2n) is 1.48. The van der Waals surface area contributed by atoms with Crippen molar-refractivity contribution in [3.63, 3.8) is 0 Å². The van der Waals surface area contributed by atoms with E-state index in [1.54, 1.807) is 0 Å². The third-order valence-electron chi connectivity index (χ3n) is 0.955. The maximum atomic E-state index is 10.6. The van der Waals surface area contributed by atoms with Crippen LogP contribution in [0.5, 0.6) is 0 Å². The van der Waals surface area contributed by atoms with Crippen LogP contribution < -0.4 is 0 Å². The monoisotopic (exact) mass is 146 g/mol. The number of hydrogen-bond acceptors (Lipinski definition) is 2. The Kier molecular flexibility index (Phi) is 3.67. The van der Waals surface area contributed by atoms with E-state index in [2.05, 4.69) is 6.58 Å². The molecule has 0 fully saturated rings. The first-order chi connectivity index (χ1) is 3.72. The Morgan fingerprint density at radius 3 is 2.62 bits per heavy atom. The highest BCUT2D eigenvalue weighted by atomic mass is 28.3. The van der Waals surface area contributed by atoms with E-state index in [9.17, 15) is 4.79 Å². The molecular weight excluding hydrogens is 136 g/mol. The molecule has 0 amide bonds. The number of carbonyl (C=O) groups is 1. The molecule has 0 aromatic carbocycles. The van der Waals surface area contributed by atoms with Gasteiger partial charge >= 0.3 is 0 Å². The number of allylic oxidation sites excluding steroid dienone is 1. The summed E-state index contributed by atoms with van der Waals surface area (Å²) < 4.78 is 4.96. The Bertz CT molecular complexity index is 102. The highest BCUT2D eigenvalue weighted by Gasteiger charge is 2.07. The molecule has 0 aliphatic heterocycles. The van der Waals surface area contributed by atoms with E-state index in [0.717, 1.165) is 0 Å². The molecule has 4 heteroatoms. The Labute approximate surface area is 53.8 Å². The van der Waals surface area contributed by atoms with Crippen molar-refractivity contribution < 1.29 is 8.91 Å². The van der Waals surface area contributed by atoms with Gasteiger partial charge in [0.15, 0.2) is 5.41 Å². The molecule has 0 saturated heterocycles. The van der Waals surface area contributed by atoms with Gasteiger partial charge in [0.2, 0.25) is 9.04 Å². The Morgan fingerprint density at radius 2 is 2.50 bits per heavy atom. The number of carbonyl (C=O) groups excluding carboxylic acids is 1. The van der Waals surface area contributed by atoms with E-state index in [-0.39, 0.29) is 5.41 Å². The van der Waals surface area contributed by atoms with Gasteiger partial charge in [-0.2, -0.15) is 0 Å². The van der Waals surface area contributed by atoms with Crippen LogP contribution in [-0.4, -0.2) is 24.9 Å². The lowest BCUT2D eigenvalue weighted by molar-refractivity contribution is -0.108. The first-order valence-corrected chi connectivity index (χ1v) is 5.43. The molecule has 0 rings (SSSR count). The van der Waals surface area contributed by atoms with E-state index in [4.69, 9.17) is 4.12 Å². The van der Waals surface area contributed by atoms with Gasteiger partial charge in [-0.3, -0.25) is 4.79 Å². The first kappa shape index (κ1) is 7.80. The highest BCUT2D eigenvalue weighted by Crippen LogP contribution is 1.83.